The molecule has 0 amide bonds. The first kappa shape index (κ1) is 12.9. The van der Waals surface area contributed by atoms with Gasteiger partial charge >= 0.3 is 0 Å². The Morgan fingerprint density at radius 1 is 1.06 bits per heavy atom. The fraction of sp³-hybridized carbons (Fsp3) is 1.00. The number of hydrogen-bond donors (Lipinski definition) is 1. The van der Waals surface area contributed by atoms with E-state index in [-0.39, 0.29) is 11.7 Å². The number of ether oxygens (including phenoxy) is 1. The molecule has 1 spiro atoms. The molecule has 3 unspecified atom stereocenters. The molecule has 0 aromatic carbocycles. The van der Waals surface area contributed by atoms with Crippen molar-refractivity contribution in [2.75, 3.05) is 0 Å². The van der Waals surface area contributed by atoms with Gasteiger partial charge in [-0.15, -0.1) is 0 Å². The maximum Gasteiger partial charge on any atom is 0.0687 e. The maximum absolute atomic E-state index is 9.74. The van der Waals surface area contributed by atoms with Gasteiger partial charge in [0.1, 0.15) is 0 Å². The minimum atomic E-state index is -0.0555. The lowest BCUT2D eigenvalue weighted by Crippen LogP contribution is -2.32. The number of hydrogen-bond acceptors (Lipinski definition) is 2. The summed E-state index contributed by atoms with van der Waals surface area (Å²) in [6.45, 7) is 2.35. The molecule has 0 aromatic heterocycles. The second kappa shape index (κ2) is 4.79. The lowest BCUT2D eigenvalue weighted by atomic mass is 9.81. The zero-order valence-corrected chi connectivity index (χ0v) is 11.8. The van der Waals surface area contributed by atoms with Crippen LogP contribution in [-0.2, 0) is 4.74 Å². The van der Waals surface area contributed by atoms with Crippen LogP contribution in [0.3, 0.4) is 0 Å². The van der Waals surface area contributed by atoms with Crippen LogP contribution in [0.15, 0.2) is 0 Å². The van der Waals surface area contributed by atoms with Gasteiger partial charge in [-0.25, -0.2) is 0 Å². The monoisotopic (exact) mass is 252 g/mol. The summed E-state index contributed by atoms with van der Waals surface area (Å²) in [6, 6.07) is 0. The van der Waals surface area contributed by atoms with Crippen molar-refractivity contribution in [1.29, 1.82) is 0 Å². The van der Waals surface area contributed by atoms with E-state index in [9.17, 15) is 5.11 Å². The molecule has 2 aliphatic carbocycles. The van der Waals surface area contributed by atoms with Gasteiger partial charge in [0.05, 0.1) is 17.8 Å². The Labute approximate surface area is 111 Å². The summed E-state index contributed by atoms with van der Waals surface area (Å²) in [5.41, 5.74) is 0.598. The summed E-state index contributed by atoms with van der Waals surface area (Å²) in [6.07, 6.45) is 14.0. The summed E-state index contributed by atoms with van der Waals surface area (Å²) in [4.78, 5) is 0. The molecule has 18 heavy (non-hydrogen) atoms. The molecule has 3 aliphatic rings. The summed E-state index contributed by atoms with van der Waals surface area (Å²) in [5.74, 6) is 0. The minimum Gasteiger partial charge on any atom is -0.393 e. The Balaban J connectivity index is 1.56. The van der Waals surface area contributed by atoms with Gasteiger partial charge in [0.2, 0.25) is 0 Å². The van der Waals surface area contributed by atoms with Crippen LogP contribution in [-0.4, -0.2) is 22.9 Å². The fourth-order valence-corrected chi connectivity index (χ4v) is 4.63. The molecular weight excluding hydrogens is 224 g/mol. The van der Waals surface area contributed by atoms with Gasteiger partial charge in [0, 0.05) is 0 Å². The van der Waals surface area contributed by atoms with Gasteiger partial charge in [-0.3, -0.25) is 0 Å². The molecule has 0 bridgehead atoms. The Kier molecular flexibility index (Phi) is 3.44. The highest BCUT2D eigenvalue weighted by Gasteiger charge is 2.44. The molecule has 104 valence electrons. The molecule has 1 heterocycles. The Morgan fingerprint density at radius 3 is 2.50 bits per heavy atom. The van der Waals surface area contributed by atoms with Crippen LogP contribution < -0.4 is 0 Å². The number of aliphatic hydroxyl groups is 1. The van der Waals surface area contributed by atoms with E-state index in [4.69, 9.17) is 4.74 Å². The summed E-state index contributed by atoms with van der Waals surface area (Å²) >= 11 is 0. The van der Waals surface area contributed by atoms with Crippen LogP contribution in [0, 0.1) is 5.41 Å². The van der Waals surface area contributed by atoms with Gasteiger partial charge in [-0.2, -0.15) is 0 Å². The lowest BCUT2D eigenvalue weighted by Gasteiger charge is -2.35. The molecule has 2 saturated carbocycles. The summed E-state index contributed by atoms with van der Waals surface area (Å²) < 4.78 is 6.47. The molecular formula is C16H28O2. The molecule has 1 N–H and O–H groups in total. The average Bonchev–Trinajstić information content (AvgIpc) is 2.85. The first-order chi connectivity index (χ1) is 8.59. The molecule has 1 aliphatic heterocycles. The highest BCUT2D eigenvalue weighted by Crippen LogP contribution is 2.48. The predicted molar refractivity (Wildman–Crippen MR) is 72.5 cm³/mol. The molecule has 0 radical (unpaired) electrons. The SMILES string of the molecule is CC1(CC2CCC3(CCCCC3)O2)CCC(O)C1. The van der Waals surface area contributed by atoms with E-state index in [1.807, 2.05) is 0 Å². The smallest absolute Gasteiger partial charge is 0.0687 e. The largest absolute Gasteiger partial charge is 0.393 e. The van der Waals surface area contributed by atoms with Crippen molar-refractivity contribution >= 4 is 0 Å². The lowest BCUT2D eigenvalue weighted by molar-refractivity contribution is -0.0759. The van der Waals surface area contributed by atoms with Crippen LogP contribution >= 0.6 is 0 Å². The Hall–Kier alpha value is -0.0800. The molecule has 3 fully saturated rings. The normalized spacial score (nSPS) is 43.7. The van der Waals surface area contributed by atoms with Gasteiger partial charge in [0.15, 0.2) is 0 Å². The van der Waals surface area contributed by atoms with E-state index in [1.54, 1.807) is 0 Å². The van der Waals surface area contributed by atoms with Gasteiger partial charge in [-0.05, 0) is 56.8 Å². The molecule has 1 saturated heterocycles. The number of aliphatic hydroxyl groups excluding tert-OH is 1. The number of rotatable bonds is 2. The highest BCUT2D eigenvalue weighted by atomic mass is 16.5. The fourth-order valence-electron chi connectivity index (χ4n) is 4.63. The second-order valence-corrected chi connectivity index (χ2v) is 7.43. The van der Waals surface area contributed by atoms with E-state index >= 15 is 0 Å². The quantitative estimate of drug-likeness (QED) is 0.810. The van der Waals surface area contributed by atoms with Crippen molar-refractivity contribution in [3.05, 3.63) is 0 Å². The summed E-state index contributed by atoms with van der Waals surface area (Å²) in [7, 11) is 0. The van der Waals surface area contributed by atoms with Crippen molar-refractivity contribution in [2.24, 2.45) is 5.41 Å². The van der Waals surface area contributed by atoms with E-state index in [1.165, 1.54) is 57.8 Å². The molecule has 0 aromatic rings. The van der Waals surface area contributed by atoms with Gasteiger partial charge in [-0.1, -0.05) is 26.2 Å². The Bertz CT molecular complexity index is 295. The second-order valence-electron chi connectivity index (χ2n) is 7.43. The zero-order chi connectivity index (χ0) is 12.6. The zero-order valence-electron chi connectivity index (χ0n) is 11.8. The standard InChI is InChI=1S/C16H28O2/c1-15(9-5-13(17)11-15)12-14-6-10-16(18-14)7-3-2-4-8-16/h13-14,17H,2-12H2,1H3. The predicted octanol–water partition coefficient (Wildman–Crippen LogP) is 3.81. The first-order valence-corrected chi connectivity index (χ1v) is 7.95. The molecule has 3 atom stereocenters. The minimum absolute atomic E-state index is 0.0555. The van der Waals surface area contributed by atoms with Crippen molar-refractivity contribution in [3.8, 4) is 0 Å². The third-order valence-electron chi connectivity index (χ3n) is 5.63. The van der Waals surface area contributed by atoms with Gasteiger partial charge < -0.3 is 9.84 Å². The third kappa shape index (κ3) is 2.60. The third-order valence-corrected chi connectivity index (χ3v) is 5.63. The van der Waals surface area contributed by atoms with Crippen molar-refractivity contribution in [2.45, 2.75) is 95.4 Å². The van der Waals surface area contributed by atoms with E-state index in [2.05, 4.69) is 6.92 Å². The van der Waals surface area contributed by atoms with Crippen molar-refractivity contribution < 1.29 is 9.84 Å². The van der Waals surface area contributed by atoms with E-state index < -0.39 is 0 Å². The maximum atomic E-state index is 9.74. The van der Waals surface area contributed by atoms with Crippen LogP contribution in [0.2, 0.25) is 0 Å². The van der Waals surface area contributed by atoms with Crippen LogP contribution in [0.5, 0.6) is 0 Å². The van der Waals surface area contributed by atoms with Crippen LogP contribution in [0.25, 0.3) is 0 Å². The van der Waals surface area contributed by atoms with Crippen LogP contribution in [0.4, 0.5) is 0 Å². The van der Waals surface area contributed by atoms with E-state index in [0.717, 1.165) is 12.8 Å². The van der Waals surface area contributed by atoms with Crippen molar-refractivity contribution in [3.63, 3.8) is 0 Å². The first-order valence-electron chi connectivity index (χ1n) is 7.95. The molecule has 2 nitrogen and oxygen atoms in total. The Morgan fingerprint density at radius 2 is 1.83 bits per heavy atom. The molecule has 3 rings (SSSR count). The average molecular weight is 252 g/mol. The van der Waals surface area contributed by atoms with Gasteiger partial charge in [0.25, 0.3) is 0 Å². The van der Waals surface area contributed by atoms with Crippen molar-refractivity contribution in [1.82, 2.24) is 0 Å². The van der Waals surface area contributed by atoms with Crippen LogP contribution in [0.1, 0.15) is 77.6 Å². The van der Waals surface area contributed by atoms with E-state index in [0.29, 0.717) is 11.5 Å². The summed E-state index contributed by atoms with van der Waals surface area (Å²) in [5, 5.41) is 9.74. The molecule has 2 heteroatoms. The topological polar surface area (TPSA) is 29.5 Å². The highest BCUT2D eigenvalue weighted by molar-refractivity contribution is 4.95.